The highest BCUT2D eigenvalue weighted by molar-refractivity contribution is 5.65. The van der Waals surface area contributed by atoms with Gasteiger partial charge in [0.1, 0.15) is 0 Å². The fraction of sp³-hybridized carbons (Fsp3) is 0.923. The van der Waals surface area contributed by atoms with Crippen molar-refractivity contribution in [1.82, 2.24) is 0 Å². The zero-order chi connectivity index (χ0) is 11.9. The number of ether oxygens (including phenoxy) is 1. The maximum absolute atomic E-state index is 9.59. The first-order valence-electron chi connectivity index (χ1n) is 5.96. The Hall–Kier alpha value is -0.530. The molecule has 0 saturated heterocycles. The van der Waals surface area contributed by atoms with Crippen molar-refractivity contribution in [3.8, 4) is 0 Å². The van der Waals surface area contributed by atoms with E-state index in [0.29, 0.717) is 5.41 Å². The Morgan fingerprint density at radius 3 is 2.27 bits per heavy atom. The molecule has 0 aromatic carbocycles. The molecule has 15 heavy (non-hydrogen) atoms. The normalized spacial score (nSPS) is 23.7. The van der Waals surface area contributed by atoms with Crippen molar-refractivity contribution in [1.29, 1.82) is 0 Å². The molecule has 0 heterocycles. The molecule has 0 amide bonds. The first-order chi connectivity index (χ1) is 6.91. The van der Waals surface area contributed by atoms with E-state index < -0.39 is 0 Å². The fourth-order valence-electron chi connectivity index (χ4n) is 2.20. The first kappa shape index (κ1) is 14.5. The van der Waals surface area contributed by atoms with Gasteiger partial charge < -0.3 is 4.74 Å². The van der Waals surface area contributed by atoms with Gasteiger partial charge in [-0.2, -0.15) is 0 Å². The second-order valence-electron chi connectivity index (χ2n) is 5.23. The van der Waals surface area contributed by atoms with Gasteiger partial charge in [-0.25, -0.2) is 0 Å². The molecule has 1 unspecified atom stereocenters. The van der Waals surface area contributed by atoms with Crippen LogP contribution in [0.4, 0.5) is 0 Å². The predicted octanol–water partition coefficient (Wildman–Crippen LogP) is 3.79. The van der Waals surface area contributed by atoms with Crippen LogP contribution in [0.15, 0.2) is 0 Å². The average Bonchev–Trinajstić information content (AvgIpc) is 2.17. The van der Waals surface area contributed by atoms with Crippen molar-refractivity contribution in [2.45, 2.75) is 59.8 Å². The third kappa shape index (κ3) is 7.40. The Bertz CT molecular complexity index is 185. The van der Waals surface area contributed by atoms with E-state index in [-0.39, 0.29) is 5.97 Å². The van der Waals surface area contributed by atoms with E-state index in [2.05, 4.69) is 25.5 Å². The minimum Gasteiger partial charge on any atom is -0.469 e. The number of carbonyl (C=O) groups is 1. The Kier molecular flexibility index (Phi) is 6.62. The summed E-state index contributed by atoms with van der Waals surface area (Å²) in [6, 6.07) is 0. The predicted molar refractivity (Wildman–Crippen MR) is 63.7 cm³/mol. The Balaban J connectivity index is 0.000000336. The van der Waals surface area contributed by atoms with Crippen LogP contribution in [0, 0.1) is 11.3 Å². The van der Waals surface area contributed by atoms with Crippen LogP contribution in [-0.2, 0) is 9.53 Å². The summed E-state index contributed by atoms with van der Waals surface area (Å²) in [7, 11) is 1.35. The quantitative estimate of drug-likeness (QED) is 0.621. The zero-order valence-electron chi connectivity index (χ0n) is 10.9. The second-order valence-corrected chi connectivity index (χ2v) is 5.23. The minimum absolute atomic E-state index is 0.245. The zero-order valence-corrected chi connectivity index (χ0v) is 10.9. The first-order valence-corrected chi connectivity index (χ1v) is 5.96. The molecule has 0 aromatic heterocycles. The van der Waals surface area contributed by atoms with Gasteiger partial charge in [0.05, 0.1) is 7.11 Å². The molecule has 0 aromatic rings. The van der Waals surface area contributed by atoms with Crippen molar-refractivity contribution in [3.05, 3.63) is 0 Å². The molecule has 1 rings (SSSR count). The molecular weight excluding hydrogens is 188 g/mol. The summed E-state index contributed by atoms with van der Waals surface area (Å²) in [6.45, 7) is 8.51. The summed E-state index contributed by atoms with van der Waals surface area (Å²) >= 11 is 0. The Labute approximate surface area is 94.4 Å². The lowest BCUT2D eigenvalue weighted by Crippen LogP contribution is -2.21. The highest BCUT2D eigenvalue weighted by Crippen LogP contribution is 2.39. The number of methoxy groups -OCH3 is 1. The molecule has 0 spiro atoms. The van der Waals surface area contributed by atoms with Crippen LogP contribution in [0.1, 0.15) is 59.8 Å². The second kappa shape index (κ2) is 6.86. The number of hydrogen-bond acceptors (Lipinski definition) is 2. The molecule has 0 aliphatic heterocycles. The van der Waals surface area contributed by atoms with E-state index in [1.54, 1.807) is 0 Å². The van der Waals surface area contributed by atoms with Crippen molar-refractivity contribution in [2.75, 3.05) is 7.11 Å². The number of carbonyl (C=O) groups excluding carboxylic acids is 1. The molecule has 2 nitrogen and oxygen atoms in total. The van der Waals surface area contributed by atoms with Gasteiger partial charge in [0.25, 0.3) is 0 Å². The van der Waals surface area contributed by atoms with Gasteiger partial charge in [-0.3, -0.25) is 4.79 Å². The number of esters is 1. The molecule has 0 bridgehead atoms. The fourth-order valence-corrected chi connectivity index (χ4v) is 2.20. The third-order valence-corrected chi connectivity index (χ3v) is 3.17. The summed E-state index contributed by atoms with van der Waals surface area (Å²) in [5, 5.41) is 0. The van der Waals surface area contributed by atoms with E-state index in [0.717, 1.165) is 5.92 Å². The molecule has 2 heteroatoms. The lowest BCUT2D eigenvalue weighted by atomic mass is 9.71. The van der Waals surface area contributed by atoms with Crippen LogP contribution in [0.2, 0.25) is 0 Å². The highest BCUT2D eigenvalue weighted by Gasteiger charge is 2.26. The Morgan fingerprint density at radius 2 is 2.00 bits per heavy atom. The van der Waals surface area contributed by atoms with Gasteiger partial charge in [0.2, 0.25) is 0 Å². The van der Waals surface area contributed by atoms with Gasteiger partial charge >= 0.3 is 5.97 Å². The van der Waals surface area contributed by atoms with Crippen molar-refractivity contribution in [3.63, 3.8) is 0 Å². The van der Waals surface area contributed by atoms with Crippen LogP contribution in [0.25, 0.3) is 0 Å². The maximum Gasteiger partial charge on any atom is 0.302 e. The molecule has 90 valence electrons. The largest absolute Gasteiger partial charge is 0.469 e. The molecule has 1 fully saturated rings. The van der Waals surface area contributed by atoms with Crippen molar-refractivity contribution >= 4 is 5.97 Å². The van der Waals surface area contributed by atoms with Gasteiger partial charge in [-0.05, 0) is 24.2 Å². The van der Waals surface area contributed by atoms with Gasteiger partial charge in [-0.1, -0.05) is 40.0 Å². The summed E-state index contributed by atoms with van der Waals surface area (Å²) < 4.78 is 4.11. The summed E-state index contributed by atoms with van der Waals surface area (Å²) in [4.78, 5) is 9.59. The van der Waals surface area contributed by atoms with E-state index in [4.69, 9.17) is 0 Å². The maximum atomic E-state index is 9.59. The lowest BCUT2D eigenvalue weighted by molar-refractivity contribution is -0.137. The molecule has 1 aliphatic rings. The van der Waals surface area contributed by atoms with E-state index in [1.165, 1.54) is 46.1 Å². The number of rotatable bonds is 1. The number of hydrogen-bond donors (Lipinski definition) is 0. The van der Waals surface area contributed by atoms with Crippen molar-refractivity contribution < 1.29 is 9.53 Å². The van der Waals surface area contributed by atoms with Gasteiger partial charge in [0, 0.05) is 6.92 Å². The molecular formula is C13H26O2. The smallest absolute Gasteiger partial charge is 0.302 e. The molecule has 1 atom stereocenters. The Morgan fingerprint density at radius 1 is 1.47 bits per heavy atom. The lowest BCUT2D eigenvalue weighted by Gasteiger charge is -2.34. The van der Waals surface area contributed by atoms with Crippen LogP contribution in [0.5, 0.6) is 0 Å². The molecule has 1 saturated carbocycles. The average molecular weight is 214 g/mol. The van der Waals surface area contributed by atoms with Crippen LogP contribution >= 0.6 is 0 Å². The SMILES string of the molecule is CCC1CCCC(C)(C)C1.COC(C)=O. The topological polar surface area (TPSA) is 26.3 Å². The molecule has 1 aliphatic carbocycles. The van der Waals surface area contributed by atoms with Crippen LogP contribution in [-0.4, -0.2) is 13.1 Å². The summed E-state index contributed by atoms with van der Waals surface area (Å²) in [5.41, 5.74) is 0.652. The monoisotopic (exact) mass is 214 g/mol. The van der Waals surface area contributed by atoms with E-state index in [9.17, 15) is 4.79 Å². The van der Waals surface area contributed by atoms with Gasteiger partial charge in [0.15, 0.2) is 0 Å². The standard InChI is InChI=1S/C10H20.C3H6O2/c1-4-9-6-5-7-10(2,3)8-9;1-3(4)5-2/h9H,4-8H2,1-3H3;1-2H3. The molecule has 0 radical (unpaired) electrons. The summed E-state index contributed by atoms with van der Waals surface area (Å²) in [6.07, 6.45) is 7.25. The minimum atomic E-state index is -0.245. The van der Waals surface area contributed by atoms with Crippen LogP contribution in [0.3, 0.4) is 0 Å². The van der Waals surface area contributed by atoms with E-state index in [1.807, 2.05) is 0 Å². The van der Waals surface area contributed by atoms with Crippen LogP contribution < -0.4 is 0 Å². The summed E-state index contributed by atoms with van der Waals surface area (Å²) in [5.74, 6) is 0.786. The third-order valence-electron chi connectivity index (χ3n) is 3.17. The highest BCUT2D eigenvalue weighted by atomic mass is 16.5. The van der Waals surface area contributed by atoms with Crippen molar-refractivity contribution in [2.24, 2.45) is 11.3 Å². The van der Waals surface area contributed by atoms with E-state index >= 15 is 0 Å². The molecule has 0 N–H and O–H groups in total. The van der Waals surface area contributed by atoms with Gasteiger partial charge in [-0.15, -0.1) is 0 Å².